The SMILES string of the molecule is CCCC(=O)[C@H](C)CC. The fourth-order valence-corrected chi connectivity index (χ4v) is 0.720. The Kier molecular flexibility index (Phi) is 4.37. The number of carbonyl (C=O) groups is 1. The minimum atomic E-state index is 0.282. The van der Waals surface area contributed by atoms with Crippen LogP contribution in [0.1, 0.15) is 40.0 Å². The molecule has 0 amide bonds. The maximum absolute atomic E-state index is 11.0. The van der Waals surface area contributed by atoms with E-state index < -0.39 is 0 Å². The van der Waals surface area contributed by atoms with E-state index in [1.165, 1.54) is 0 Å². The average molecular weight is 128 g/mol. The monoisotopic (exact) mass is 128 g/mol. The van der Waals surface area contributed by atoms with Gasteiger partial charge in [-0.25, -0.2) is 0 Å². The highest BCUT2D eigenvalue weighted by Crippen LogP contribution is 2.05. The van der Waals surface area contributed by atoms with Gasteiger partial charge in [0.15, 0.2) is 0 Å². The first-order valence-corrected chi connectivity index (χ1v) is 3.75. The van der Waals surface area contributed by atoms with Crippen LogP contribution >= 0.6 is 0 Å². The maximum atomic E-state index is 11.0. The van der Waals surface area contributed by atoms with Crippen molar-refractivity contribution in [2.45, 2.75) is 40.0 Å². The summed E-state index contributed by atoms with van der Waals surface area (Å²) in [6.07, 6.45) is 2.73. The molecule has 9 heavy (non-hydrogen) atoms. The molecule has 0 radical (unpaired) electrons. The van der Waals surface area contributed by atoms with Gasteiger partial charge in [-0.3, -0.25) is 4.79 Å². The van der Waals surface area contributed by atoms with Gasteiger partial charge in [-0.15, -0.1) is 0 Å². The molecule has 0 aliphatic heterocycles. The minimum Gasteiger partial charge on any atom is -0.299 e. The van der Waals surface area contributed by atoms with E-state index in [1.54, 1.807) is 0 Å². The summed E-state index contributed by atoms with van der Waals surface area (Å²) in [6, 6.07) is 0. The number of hydrogen-bond donors (Lipinski definition) is 0. The van der Waals surface area contributed by atoms with Crippen molar-refractivity contribution >= 4 is 5.78 Å². The van der Waals surface area contributed by atoms with Crippen molar-refractivity contribution in [3.05, 3.63) is 0 Å². The normalized spacial score (nSPS) is 13.2. The molecule has 0 saturated heterocycles. The summed E-state index contributed by atoms with van der Waals surface area (Å²) in [5, 5.41) is 0. The summed E-state index contributed by atoms with van der Waals surface area (Å²) in [5.74, 6) is 0.699. The Bertz CT molecular complexity index is 86.6. The Balaban J connectivity index is 3.46. The summed E-state index contributed by atoms with van der Waals surface area (Å²) in [6.45, 7) is 6.09. The molecular formula is C8H16O. The molecule has 0 N–H and O–H groups in total. The minimum absolute atomic E-state index is 0.282. The predicted octanol–water partition coefficient (Wildman–Crippen LogP) is 2.40. The third kappa shape index (κ3) is 3.28. The molecule has 0 aromatic heterocycles. The summed E-state index contributed by atoms with van der Waals surface area (Å²) < 4.78 is 0. The zero-order chi connectivity index (χ0) is 7.28. The smallest absolute Gasteiger partial charge is 0.135 e. The second-order valence-corrected chi connectivity index (χ2v) is 2.53. The van der Waals surface area contributed by atoms with E-state index in [1.807, 2.05) is 13.8 Å². The molecule has 0 unspecified atom stereocenters. The zero-order valence-corrected chi connectivity index (χ0v) is 6.61. The van der Waals surface area contributed by atoms with Crippen molar-refractivity contribution in [2.75, 3.05) is 0 Å². The van der Waals surface area contributed by atoms with Crippen LogP contribution in [0.3, 0.4) is 0 Å². The molecule has 0 spiro atoms. The van der Waals surface area contributed by atoms with E-state index in [-0.39, 0.29) is 5.92 Å². The van der Waals surface area contributed by atoms with Crippen LogP contribution in [0.25, 0.3) is 0 Å². The molecule has 1 atom stereocenters. The summed E-state index contributed by atoms with van der Waals surface area (Å²) >= 11 is 0. The maximum Gasteiger partial charge on any atom is 0.135 e. The fourth-order valence-electron chi connectivity index (χ4n) is 0.720. The van der Waals surface area contributed by atoms with E-state index in [2.05, 4.69) is 6.92 Å². The lowest BCUT2D eigenvalue weighted by Crippen LogP contribution is -2.08. The highest BCUT2D eigenvalue weighted by atomic mass is 16.1. The summed E-state index contributed by atoms with van der Waals surface area (Å²) in [4.78, 5) is 11.0. The molecule has 54 valence electrons. The largest absolute Gasteiger partial charge is 0.299 e. The van der Waals surface area contributed by atoms with Gasteiger partial charge in [0, 0.05) is 12.3 Å². The van der Waals surface area contributed by atoms with Gasteiger partial charge in [0.1, 0.15) is 5.78 Å². The first-order chi connectivity index (χ1) is 4.22. The second-order valence-electron chi connectivity index (χ2n) is 2.53. The Morgan fingerprint density at radius 3 is 2.33 bits per heavy atom. The van der Waals surface area contributed by atoms with Crippen LogP contribution in [0.4, 0.5) is 0 Å². The van der Waals surface area contributed by atoms with Crippen molar-refractivity contribution in [2.24, 2.45) is 5.92 Å². The quantitative estimate of drug-likeness (QED) is 0.568. The summed E-state index contributed by atoms with van der Waals surface area (Å²) in [7, 11) is 0. The molecule has 1 nitrogen and oxygen atoms in total. The highest BCUT2D eigenvalue weighted by molar-refractivity contribution is 5.80. The molecule has 0 aromatic carbocycles. The number of rotatable bonds is 4. The lowest BCUT2D eigenvalue weighted by molar-refractivity contribution is -0.122. The first-order valence-electron chi connectivity index (χ1n) is 3.75. The topological polar surface area (TPSA) is 17.1 Å². The van der Waals surface area contributed by atoms with Crippen molar-refractivity contribution in [1.29, 1.82) is 0 Å². The van der Waals surface area contributed by atoms with Crippen molar-refractivity contribution in [3.8, 4) is 0 Å². The van der Waals surface area contributed by atoms with Gasteiger partial charge in [0.05, 0.1) is 0 Å². The molecule has 0 aliphatic rings. The lowest BCUT2D eigenvalue weighted by atomic mass is 10.0. The Hall–Kier alpha value is -0.330. The molecular weight excluding hydrogens is 112 g/mol. The standard InChI is InChI=1S/C8H16O/c1-4-6-8(9)7(3)5-2/h7H,4-6H2,1-3H3/t7-/m1/s1. The summed E-state index contributed by atoms with van der Waals surface area (Å²) in [5.41, 5.74) is 0. The van der Waals surface area contributed by atoms with Crippen LogP contribution in [-0.4, -0.2) is 5.78 Å². The molecule has 0 bridgehead atoms. The van der Waals surface area contributed by atoms with Crippen molar-refractivity contribution in [3.63, 3.8) is 0 Å². The molecule has 0 saturated carbocycles. The highest BCUT2D eigenvalue weighted by Gasteiger charge is 2.07. The fraction of sp³-hybridized carbons (Fsp3) is 0.875. The number of hydrogen-bond acceptors (Lipinski definition) is 1. The van der Waals surface area contributed by atoms with E-state index in [4.69, 9.17) is 0 Å². The van der Waals surface area contributed by atoms with Crippen molar-refractivity contribution in [1.82, 2.24) is 0 Å². The van der Waals surface area contributed by atoms with Gasteiger partial charge in [-0.05, 0) is 12.8 Å². The van der Waals surface area contributed by atoms with Gasteiger partial charge in [0.25, 0.3) is 0 Å². The lowest BCUT2D eigenvalue weighted by Gasteiger charge is -2.03. The number of carbonyl (C=O) groups excluding carboxylic acids is 1. The molecule has 0 aromatic rings. The Morgan fingerprint density at radius 1 is 1.44 bits per heavy atom. The van der Waals surface area contributed by atoms with Crippen molar-refractivity contribution < 1.29 is 4.79 Å². The van der Waals surface area contributed by atoms with E-state index in [0.717, 1.165) is 19.3 Å². The van der Waals surface area contributed by atoms with Crippen LogP contribution in [0, 0.1) is 5.92 Å². The molecule has 0 aliphatic carbocycles. The third-order valence-electron chi connectivity index (χ3n) is 1.66. The van der Waals surface area contributed by atoms with E-state index in [9.17, 15) is 4.79 Å². The Labute approximate surface area is 57.5 Å². The predicted molar refractivity (Wildman–Crippen MR) is 39.4 cm³/mol. The second kappa shape index (κ2) is 4.54. The van der Waals surface area contributed by atoms with Crippen LogP contribution in [0.2, 0.25) is 0 Å². The third-order valence-corrected chi connectivity index (χ3v) is 1.66. The number of ketones is 1. The first kappa shape index (κ1) is 8.67. The van der Waals surface area contributed by atoms with Gasteiger partial charge < -0.3 is 0 Å². The van der Waals surface area contributed by atoms with Crippen LogP contribution < -0.4 is 0 Å². The Morgan fingerprint density at radius 2 is 2.00 bits per heavy atom. The molecule has 1 heteroatoms. The van der Waals surface area contributed by atoms with Crippen LogP contribution in [0.5, 0.6) is 0 Å². The van der Waals surface area contributed by atoms with Gasteiger partial charge >= 0.3 is 0 Å². The van der Waals surface area contributed by atoms with E-state index in [0.29, 0.717) is 5.78 Å². The molecule has 0 heterocycles. The van der Waals surface area contributed by atoms with Gasteiger partial charge in [0.2, 0.25) is 0 Å². The molecule has 0 fully saturated rings. The van der Waals surface area contributed by atoms with Crippen LogP contribution in [0.15, 0.2) is 0 Å². The van der Waals surface area contributed by atoms with Crippen LogP contribution in [-0.2, 0) is 4.79 Å². The zero-order valence-electron chi connectivity index (χ0n) is 6.61. The van der Waals surface area contributed by atoms with E-state index >= 15 is 0 Å². The van der Waals surface area contributed by atoms with Gasteiger partial charge in [-0.2, -0.15) is 0 Å². The number of Topliss-reactive ketones (excluding diaryl/α,β-unsaturated/α-hetero) is 1. The van der Waals surface area contributed by atoms with Gasteiger partial charge in [-0.1, -0.05) is 20.8 Å². The average Bonchev–Trinajstić information content (AvgIpc) is 1.87. The molecule has 0 rings (SSSR count).